The van der Waals surface area contributed by atoms with E-state index >= 15 is 0 Å². The van der Waals surface area contributed by atoms with Crippen molar-refractivity contribution < 1.29 is 9.13 Å². The number of para-hydroxylation sites is 1. The number of ether oxygens (including phenoxy) is 1. The van der Waals surface area contributed by atoms with E-state index in [9.17, 15) is 4.39 Å². The van der Waals surface area contributed by atoms with Gasteiger partial charge in [0.25, 0.3) is 0 Å². The molecule has 0 bridgehead atoms. The molecule has 3 heteroatoms. The molecule has 2 nitrogen and oxygen atoms in total. The van der Waals surface area contributed by atoms with Crippen molar-refractivity contribution in [3.05, 3.63) is 47.8 Å². The van der Waals surface area contributed by atoms with Crippen LogP contribution in [0.15, 0.2) is 36.4 Å². The number of hydrogen-bond donors (Lipinski definition) is 1. The fraction of sp³-hybridized carbons (Fsp3) is 0.143. The quantitative estimate of drug-likeness (QED) is 0.804. The van der Waals surface area contributed by atoms with E-state index in [0.717, 1.165) is 22.4 Å². The van der Waals surface area contributed by atoms with Gasteiger partial charge in [0.1, 0.15) is 11.6 Å². The summed E-state index contributed by atoms with van der Waals surface area (Å²) in [7, 11) is 1.61. The fourth-order valence-corrected chi connectivity index (χ4v) is 1.85. The van der Waals surface area contributed by atoms with Crippen molar-refractivity contribution >= 4 is 5.69 Å². The van der Waals surface area contributed by atoms with Crippen LogP contribution in [0.4, 0.5) is 10.1 Å². The van der Waals surface area contributed by atoms with Crippen LogP contribution in [0, 0.1) is 12.7 Å². The number of methoxy groups -OCH3 is 1. The lowest BCUT2D eigenvalue weighted by atomic mass is 9.99. The molecule has 0 radical (unpaired) electrons. The molecule has 0 unspecified atom stereocenters. The summed E-state index contributed by atoms with van der Waals surface area (Å²) in [5.74, 6) is 0.364. The van der Waals surface area contributed by atoms with Crippen LogP contribution < -0.4 is 10.5 Å². The van der Waals surface area contributed by atoms with Crippen LogP contribution in [0.1, 0.15) is 5.56 Å². The highest BCUT2D eigenvalue weighted by Crippen LogP contribution is 2.33. The van der Waals surface area contributed by atoms with Gasteiger partial charge >= 0.3 is 0 Å². The minimum absolute atomic E-state index is 0.150. The number of anilines is 1. The molecule has 0 spiro atoms. The lowest BCUT2D eigenvalue weighted by Gasteiger charge is -2.12. The van der Waals surface area contributed by atoms with Gasteiger partial charge in [-0.2, -0.15) is 0 Å². The topological polar surface area (TPSA) is 35.2 Å². The van der Waals surface area contributed by atoms with Crippen LogP contribution in [-0.2, 0) is 0 Å². The van der Waals surface area contributed by atoms with Gasteiger partial charge in [0.05, 0.1) is 12.8 Å². The highest BCUT2D eigenvalue weighted by atomic mass is 19.1. The molecule has 88 valence electrons. The van der Waals surface area contributed by atoms with Gasteiger partial charge in [-0.3, -0.25) is 0 Å². The molecule has 0 heterocycles. The van der Waals surface area contributed by atoms with Crippen LogP contribution in [0.5, 0.6) is 5.75 Å². The van der Waals surface area contributed by atoms with E-state index < -0.39 is 0 Å². The smallest absolute Gasteiger partial charge is 0.146 e. The third-order valence-electron chi connectivity index (χ3n) is 2.74. The Morgan fingerprint density at radius 2 is 1.82 bits per heavy atom. The third kappa shape index (κ3) is 2.09. The first-order chi connectivity index (χ1) is 8.13. The van der Waals surface area contributed by atoms with Gasteiger partial charge in [0, 0.05) is 5.56 Å². The summed E-state index contributed by atoms with van der Waals surface area (Å²) < 4.78 is 18.6. The molecular formula is C14H14FNO. The van der Waals surface area contributed by atoms with Crippen LogP contribution in [-0.4, -0.2) is 7.11 Å². The number of aryl methyl sites for hydroxylation is 1. The van der Waals surface area contributed by atoms with Crippen molar-refractivity contribution in [2.24, 2.45) is 0 Å². The molecule has 0 saturated carbocycles. The van der Waals surface area contributed by atoms with Crippen LogP contribution in [0.2, 0.25) is 0 Å². The van der Waals surface area contributed by atoms with E-state index in [-0.39, 0.29) is 11.5 Å². The normalized spacial score (nSPS) is 10.3. The monoisotopic (exact) mass is 231 g/mol. The second kappa shape index (κ2) is 4.45. The van der Waals surface area contributed by atoms with Crippen LogP contribution in [0.3, 0.4) is 0 Å². The molecule has 2 N–H and O–H groups in total. The summed E-state index contributed by atoms with van der Waals surface area (Å²) in [6.45, 7) is 1.85. The van der Waals surface area contributed by atoms with E-state index in [1.165, 1.54) is 6.07 Å². The average molecular weight is 231 g/mol. The highest BCUT2D eigenvalue weighted by molar-refractivity contribution is 5.75. The van der Waals surface area contributed by atoms with Gasteiger partial charge in [-0.15, -0.1) is 0 Å². The Morgan fingerprint density at radius 3 is 2.53 bits per heavy atom. The van der Waals surface area contributed by atoms with E-state index in [2.05, 4.69) is 0 Å². The molecule has 0 atom stereocenters. The summed E-state index contributed by atoms with van der Waals surface area (Å²) >= 11 is 0. The average Bonchev–Trinajstić information content (AvgIpc) is 2.34. The Labute approximate surface area is 99.8 Å². The van der Waals surface area contributed by atoms with Gasteiger partial charge in [-0.1, -0.05) is 18.2 Å². The molecule has 0 aliphatic carbocycles. The Morgan fingerprint density at radius 1 is 1.12 bits per heavy atom. The minimum atomic E-state index is -0.388. The number of rotatable bonds is 2. The van der Waals surface area contributed by atoms with E-state index in [4.69, 9.17) is 10.5 Å². The summed E-state index contributed by atoms with van der Waals surface area (Å²) in [5, 5.41) is 0. The minimum Gasteiger partial charge on any atom is -0.496 e. The third-order valence-corrected chi connectivity index (χ3v) is 2.74. The first kappa shape index (κ1) is 11.5. The van der Waals surface area contributed by atoms with Crippen LogP contribution >= 0.6 is 0 Å². The number of benzene rings is 2. The van der Waals surface area contributed by atoms with Gasteiger partial charge in [0.2, 0.25) is 0 Å². The number of nitrogen functional groups attached to an aromatic ring is 1. The maximum absolute atomic E-state index is 13.3. The summed E-state index contributed by atoms with van der Waals surface area (Å²) in [6.07, 6.45) is 0. The second-order valence-corrected chi connectivity index (χ2v) is 3.89. The van der Waals surface area contributed by atoms with E-state index in [1.807, 2.05) is 31.2 Å². The molecule has 0 aliphatic heterocycles. The SMILES string of the molecule is COc1ccccc1-c1cc(N)c(F)cc1C. The van der Waals surface area contributed by atoms with Crippen molar-refractivity contribution in [3.8, 4) is 16.9 Å². The first-order valence-corrected chi connectivity index (χ1v) is 5.32. The Balaban J connectivity index is 2.64. The maximum Gasteiger partial charge on any atom is 0.146 e. The molecule has 0 saturated heterocycles. The Bertz CT molecular complexity index is 552. The fourth-order valence-electron chi connectivity index (χ4n) is 1.85. The number of hydrogen-bond acceptors (Lipinski definition) is 2. The molecule has 0 amide bonds. The largest absolute Gasteiger partial charge is 0.496 e. The Kier molecular flexibility index (Phi) is 3.00. The molecule has 2 aromatic carbocycles. The Hall–Kier alpha value is -2.03. The zero-order valence-corrected chi connectivity index (χ0v) is 9.83. The van der Waals surface area contributed by atoms with Gasteiger partial charge in [-0.25, -0.2) is 4.39 Å². The zero-order chi connectivity index (χ0) is 12.4. The molecule has 0 aliphatic rings. The standard InChI is InChI=1S/C14H14FNO/c1-9-7-12(15)13(16)8-11(9)10-5-3-4-6-14(10)17-2/h3-8H,16H2,1-2H3. The van der Waals surface area contributed by atoms with Crippen molar-refractivity contribution in [1.82, 2.24) is 0 Å². The molecule has 0 fully saturated rings. The van der Waals surface area contributed by atoms with E-state index in [0.29, 0.717) is 0 Å². The number of halogens is 1. The molecule has 17 heavy (non-hydrogen) atoms. The number of nitrogens with two attached hydrogens (primary N) is 1. The zero-order valence-electron chi connectivity index (χ0n) is 9.83. The van der Waals surface area contributed by atoms with Gasteiger partial charge in [0.15, 0.2) is 0 Å². The molecule has 2 aromatic rings. The van der Waals surface area contributed by atoms with E-state index in [1.54, 1.807) is 13.2 Å². The van der Waals surface area contributed by atoms with Crippen molar-refractivity contribution in [1.29, 1.82) is 0 Å². The predicted octanol–water partition coefficient (Wildman–Crippen LogP) is 3.39. The molecule has 2 rings (SSSR count). The highest BCUT2D eigenvalue weighted by Gasteiger charge is 2.10. The lowest BCUT2D eigenvalue weighted by Crippen LogP contribution is -1.95. The molecule has 0 aromatic heterocycles. The summed E-state index contributed by atoms with van der Waals surface area (Å²) in [5.41, 5.74) is 8.39. The van der Waals surface area contributed by atoms with Gasteiger partial charge in [-0.05, 0) is 36.2 Å². The van der Waals surface area contributed by atoms with Crippen molar-refractivity contribution in [2.45, 2.75) is 6.92 Å². The first-order valence-electron chi connectivity index (χ1n) is 5.32. The summed E-state index contributed by atoms with van der Waals surface area (Å²) in [6, 6.07) is 10.7. The van der Waals surface area contributed by atoms with Crippen molar-refractivity contribution in [3.63, 3.8) is 0 Å². The van der Waals surface area contributed by atoms with Crippen LogP contribution in [0.25, 0.3) is 11.1 Å². The lowest BCUT2D eigenvalue weighted by molar-refractivity contribution is 0.416. The predicted molar refractivity (Wildman–Crippen MR) is 67.5 cm³/mol. The molecular weight excluding hydrogens is 217 g/mol. The van der Waals surface area contributed by atoms with Crippen molar-refractivity contribution in [2.75, 3.05) is 12.8 Å². The van der Waals surface area contributed by atoms with Gasteiger partial charge < -0.3 is 10.5 Å². The summed E-state index contributed by atoms with van der Waals surface area (Å²) in [4.78, 5) is 0. The maximum atomic E-state index is 13.3. The second-order valence-electron chi connectivity index (χ2n) is 3.89.